The third-order valence-corrected chi connectivity index (χ3v) is 3.90. The highest BCUT2D eigenvalue weighted by molar-refractivity contribution is 6.37. The van der Waals surface area contributed by atoms with Crippen LogP contribution in [0.4, 0.5) is 5.69 Å². The highest BCUT2D eigenvalue weighted by Crippen LogP contribution is 2.34. The zero-order valence-electron chi connectivity index (χ0n) is 11.1. The van der Waals surface area contributed by atoms with Gasteiger partial charge in [0.2, 0.25) is 0 Å². The molecule has 1 fully saturated rings. The summed E-state index contributed by atoms with van der Waals surface area (Å²) in [5.74, 6) is 0.141. The van der Waals surface area contributed by atoms with Crippen LogP contribution in [0.5, 0.6) is 5.75 Å². The zero-order chi connectivity index (χ0) is 14.5. The first-order chi connectivity index (χ1) is 9.56. The standard InChI is InChI=1S/C14H18Cl2N2O2/c15-11-6-9(17)7-12(16)14(11)20-8-13(19)18-10-4-2-1-3-5-10/h6-7,10H,1-5,8,17H2,(H,18,19). The lowest BCUT2D eigenvalue weighted by molar-refractivity contribution is -0.124. The monoisotopic (exact) mass is 316 g/mol. The van der Waals surface area contributed by atoms with Gasteiger partial charge in [0.05, 0.1) is 10.0 Å². The molecule has 1 aromatic carbocycles. The lowest BCUT2D eigenvalue weighted by Gasteiger charge is -2.22. The molecule has 4 nitrogen and oxygen atoms in total. The fourth-order valence-electron chi connectivity index (χ4n) is 2.37. The van der Waals surface area contributed by atoms with Crippen LogP contribution in [0.15, 0.2) is 12.1 Å². The number of carbonyl (C=O) groups excluding carboxylic acids is 1. The van der Waals surface area contributed by atoms with E-state index in [0.717, 1.165) is 12.8 Å². The van der Waals surface area contributed by atoms with Gasteiger partial charge in [0, 0.05) is 11.7 Å². The van der Waals surface area contributed by atoms with Gasteiger partial charge in [-0.25, -0.2) is 0 Å². The second-order valence-corrected chi connectivity index (χ2v) is 5.82. The van der Waals surface area contributed by atoms with Crippen molar-refractivity contribution in [1.29, 1.82) is 0 Å². The molecule has 0 bridgehead atoms. The Hall–Kier alpha value is -1.13. The van der Waals surface area contributed by atoms with Crippen LogP contribution in [-0.2, 0) is 4.79 Å². The predicted octanol–water partition coefficient (Wildman–Crippen LogP) is 3.40. The van der Waals surface area contributed by atoms with Gasteiger partial charge in [0.15, 0.2) is 12.4 Å². The number of ether oxygens (including phenoxy) is 1. The van der Waals surface area contributed by atoms with Gasteiger partial charge in [0.25, 0.3) is 5.91 Å². The van der Waals surface area contributed by atoms with Crippen LogP contribution >= 0.6 is 23.2 Å². The van der Waals surface area contributed by atoms with E-state index in [2.05, 4.69) is 5.32 Å². The van der Waals surface area contributed by atoms with E-state index in [0.29, 0.717) is 21.5 Å². The van der Waals surface area contributed by atoms with Crippen molar-refractivity contribution in [3.63, 3.8) is 0 Å². The number of nitrogens with two attached hydrogens (primary N) is 1. The SMILES string of the molecule is Nc1cc(Cl)c(OCC(=O)NC2CCCCC2)c(Cl)c1. The minimum atomic E-state index is -0.152. The summed E-state index contributed by atoms with van der Waals surface area (Å²) in [7, 11) is 0. The summed E-state index contributed by atoms with van der Waals surface area (Å²) in [6.07, 6.45) is 5.66. The molecular formula is C14H18Cl2N2O2. The molecular weight excluding hydrogens is 299 g/mol. The molecule has 0 aliphatic heterocycles. The second-order valence-electron chi connectivity index (χ2n) is 5.00. The summed E-state index contributed by atoms with van der Waals surface area (Å²) in [4.78, 5) is 11.8. The van der Waals surface area contributed by atoms with Crippen LogP contribution in [0.25, 0.3) is 0 Å². The van der Waals surface area contributed by atoms with Gasteiger partial charge in [-0.05, 0) is 25.0 Å². The van der Waals surface area contributed by atoms with E-state index in [1.807, 2.05) is 0 Å². The van der Waals surface area contributed by atoms with Crippen molar-refractivity contribution >= 4 is 34.8 Å². The van der Waals surface area contributed by atoms with E-state index in [4.69, 9.17) is 33.7 Å². The highest BCUT2D eigenvalue weighted by Gasteiger charge is 2.17. The Labute approximate surface area is 128 Å². The Kier molecular flexibility index (Phi) is 5.38. The largest absolute Gasteiger partial charge is 0.481 e. The van der Waals surface area contributed by atoms with E-state index in [9.17, 15) is 4.79 Å². The van der Waals surface area contributed by atoms with Crippen LogP contribution in [-0.4, -0.2) is 18.6 Å². The van der Waals surface area contributed by atoms with Crippen LogP contribution < -0.4 is 15.8 Å². The van der Waals surface area contributed by atoms with Gasteiger partial charge in [-0.15, -0.1) is 0 Å². The van der Waals surface area contributed by atoms with Crippen LogP contribution in [0, 0.1) is 0 Å². The number of amides is 1. The average molecular weight is 317 g/mol. The molecule has 110 valence electrons. The first-order valence-corrected chi connectivity index (χ1v) is 7.48. The Morgan fingerprint density at radius 2 is 1.85 bits per heavy atom. The van der Waals surface area contributed by atoms with E-state index in [-0.39, 0.29) is 18.6 Å². The summed E-state index contributed by atoms with van der Waals surface area (Å²) < 4.78 is 5.39. The highest BCUT2D eigenvalue weighted by atomic mass is 35.5. The maximum atomic E-state index is 11.8. The molecule has 1 aliphatic rings. The van der Waals surface area contributed by atoms with Crippen molar-refractivity contribution in [2.45, 2.75) is 38.1 Å². The fraction of sp³-hybridized carbons (Fsp3) is 0.500. The Bertz CT molecular complexity index is 465. The third-order valence-electron chi connectivity index (χ3n) is 3.34. The first kappa shape index (κ1) is 15.3. The molecule has 0 heterocycles. The number of nitrogens with one attached hydrogen (secondary N) is 1. The van der Waals surface area contributed by atoms with E-state index in [1.54, 1.807) is 12.1 Å². The maximum Gasteiger partial charge on any atom is 0.258 e. The summed E-state index contributed by atoms with van der Waals surface area (Å²) >= 11 is 12.0. The molecule has 0 aromatic heterocycles. The van der Waals surface area contributed by atoms with Crippen molar-refractivity contribution in [2.24, 2.45) is 0 Å². The van der Waals surface area contributed by atoms with Crippen molar-refractivity contribution < 1.29 is 9.53 Å². The van der Waals surface area contributed by atoms with Gasteiger partial charge < -0.3 is 15.8 Å². The molecule has 3 N–H and O–H groups in total. The molecule has 6 heteroatoms. The Morgan fingerprint density at radius 1 is 1.25 bits per heavy atom. The van der Waals surface area contributed by atoms with Gasteiger partial charge in [-0.1, -0.05) is 42.5 Å². The summed E-state index contributed by atoms with van der Waals surface area (Å²) in [5, 5.41) is 3.58. The van der Waals surface area contributed by atoms with Crippen molar-refractivity contribution in [3.05, 3.63) is 22.2 Å². The first-order valence-electron chi connectivity index (χ1n) is 6.73. The number of hydrogen-bond acceptors (Lipinski definition) is 3. The molecule has 1 aromatic rings. The molecule has 0 spiro atoms. The van der Waals surface area contributed by atoms with E-state index < -0.39 is 0 Å². The van der Waals surface area contributed by atoms with E-state index in [1.165, 1.54) is 19.3 Å². The van der Waals surface area contributed by atoms with Crippen molar-refractivity contribution in [2.75, 3.05) is 12.3 Å². The molecule has 1 amide bonds. The van der Waals surface area contributed by atoms with Crippen molar-refractivity contribution in [1.82, 2.24) is 5.32 Å². The van der Waals surface area contributed by atoms with Gasteiger partial charge in [-0.3, -0.25) is 4.79 Å². The van der Waals surface area contributed by atoms with Crippen LogP contribution in [0.2, 0.25) is 10.0 Å². The third kappa shape index (κ3) is 4.18. The summed E-state index contributed by atoms with van der Waals surface area (Å²) in [6, 6.07) is 3.35. The van der Waals surface area contributed by atoms with Gasteiger partial charge >= 0.3 is 0 Å². The number of anilines is 1. The summed E-state index contributed by atoms with van der Waals surface area (Å²) in [5.41, 5.74) is 6.06. The molecule has 20 heavy (non-hydrogen) atoms. The predicted molar refractivity (Wildman–Crippen MR) is 81.4 cm³/mol. The maximum absolute atomic E-state index is 11.8. The number of halogens is 2. The van der Waals surface area contributed by atoms with Crippen LogP contribution in [0.1, 0.15) is 32.1 Å². The van der Waals surface area contributed by atoms with E-state index >= 15 is 0 Å². The molecule has 2 rings (SSSR count). The average Bonchev–Trinajstić information content (AvgIpc) is 2.38. The number of rotatable bonds is 4. The number of benzene rings is 1. The van der Waals surface area contributed by atoms with Crippen molar-refractivity contribution in [3.8, 4) is 5.75 Å². The number of nitrogen functional groups attached to an aromatic ring is 1. The van der Waals surface area contributed by atoms with Crippen LogP contribution in [0.3, 0.4) is 0 Å². The van der Waals surface area contributed by atoms with Gasteiger partial charge in [-0.2, -0.15) is 0 Å². The smallest absolute Gasteiger partial charge is 0.258 e. The molecule has 0 radical (unpaired) electrons. The zero-order valence-corrected chi connectivity index (χ0v) is 12.6. The quantitative estimate of drug-likeness (QED) is 0.837. The lowest BCUT2D eigenvalue weighted by Crippen LogP contribution is -2.39. The molecule has 0 unspecified atom stereocenters. The molecule has 0 atom stereocenters. The number of hydrogen-bond donors (Lipinski definition) is 2. The normalized spacial score (nSPS) is 15.9. The second kappa shape index (κ2) is 7.04. The topological polar surface area (TPSA) is 64.3 Å². The molecule has 1 saturated carbocycles. The Morgan fingerprint density at radius 3 is 2.45 bits per heavy atom. The molecule has 1 aliphatic carbocycles. The summed E-state index contributed by atoms with van der Waals surface area (Å²) in [6.45, 7) is -0.0974. The number of carbonyl (C=O) groups is 1. The van der Waals surface area contributed by atoms with Gasteiger partial charge in [0.1, 0.15) is 0 Å². The lowest BCUT2D eigenvalue weighted by atomic mass is 9.95. The minimum Gasteiger partial charge on any atom is -0.481 e. The fourth-order valence-corrected chi connectivity index (χ4v) is 2.98. The minimum absolute atomic E-state index is 0.0974. The Balaban J connectivity index is 1.87. The molecule has 0 saturated heterocycles.